The van der Waals surface area contributed by atoms with E-state index >= 15 is 0 Å². The number of aromatic nitrogens is 2. The van der Waals surface area contributed by atoms with Gasteiger partial charge in [0.1, 0.15) is 6.73 Å². The molecule has 0 fully saturated rings. The fourth-order valence-electron chi connectivity index (χ4n) is 2.25. The smallest absolute Gasteiger partial charge is 0.334 e. The molecule has 0 saturated heterocycles. The van der Waals surface area contributed by atoms with E-state index in [1.165, 1.54) is 22.4 Å². The summed E-state index contributed by atoms with van der Waals surface area (Å²) in [6.07, 6.45) is 1.53. The van der Waals surface area contributed by atoms with Crippen LogP contribution < -0.4 is 11.2 Å². The summed E-state index contributed by atoms with van der Waals surface area (Å²) in [5.74, 6) is 0. The van der Waals surface area contributed by atoms with Gasteiger partial charge < -0.3 is 9.47 Å². The first kappa shape index (κ1) is 19.2. The number of nitrogens with zero attached hydrogens (tertiary/aromatic N) is 2. The van der Waals surface area contributed by atoms with Gasteiger partial charge in [-0.05, 0) is 19.1 Å². The maximum Gasteiger partial charge on any atom is 0.334 e. The Bertz CT molecular complexity index is 827. The Morgan fingerprint density at radius 1 is 1.16 bits per heavy atom. The van der Waals surface area contributed by atoms with Crippen LogP contribution in [0.4, 0.5) is 0 Å². The molecule has 0 radical (unpaired) electrons. The molecule has 134 valence electrons. The Morgan fingerprint density at radius 3 is 2.52 bits per heavy atom. The topological polar surface area (TPSA) is 62.5 Å². The van der Waals surface area contributed by atoms with Crippen LogP contribution in [0.5, 0.6) is 0 Å². The van der Waals surface area contributed by atoms with Crippen LogP contribution in [0, 0.1) is 6.92 Å². The van der Waals surface area contributed by atoms with Gasteiger partial charge in [0.25, 0.3) is 5.56 Å². The molecule has 0 aliphatic carbocycles. The fourth-order valence-corrected chi connectivity index (χ4v) is 3.25. The summed E-state index contributed by atoms with van der Waals surface area (Å²) < 4.78 is 13.1. The van der Waals surface area contributed by atoms with Crippen LogP contribution in [0.15, 0.2) is 62.5 Å². The Labute approximate surface area is 150 Å². The Kier molecular flexibility index (Phi) is 7.24. The van der Waals surface area contributed by atoms with Gasteiger partial charge in [-0.2, -0.15) is 0 Å². The van der Waals surface area contributed by atoms with Gasteiger partial charge in [0, 0.05) is 24.1 Å². The monoisotopic (exact) mass is 362 g/mol. The highest BCUT2D eigenvalue weighted by Crippen LogP contribution is 2.28. The van der Waals surface area contributed by atoms with Gasteiger partial charge in [0.2, 0.25) is 0 Å². The van der Waals surface area contributed by atoms with Gasteiger partial charge in [-0.25, -0.2) is 4.79 Å². The third-order valence-electron chi connectivity index (χ3n) is 3.52. The van der Waals surface area contributed by atoms with Gasteiger partial charge in [-0.1, -0.05) is 36.0 Å². The van der Waals surface area contributed by atoms with E-state index in [1.54, 1.807) is 14.0 Å². The molecular weight excluding hydrogens is 340 g/mol. The molecule has 0 amide bonds. The van der Waals surface area contributed by atoms with Crippen molar-refractivity contribution in [1.29, 1.82) is 0 Å². The number of rotatable bonds is 9. The third kappa shape index (κ3) is 4.72. The van der Waals surface area contributed by atoms with Gasteiger partial charge in [-0.3, -0.25) is 13.9 Å². The molecule has 1 heterocycles. The predicted molar refractivity (Wildman–Crippen MR) is 98.3 cm³/mol. The van der Waals surface area contributed by atoms with Crippen LogP contribution in [0.25, 0.3) is 0 Å². The van der Waals surface area contributed by atoms with Crippen molar-refractivity contribution >= 4 is 11.8 Å². The van der Waals surface area contributed by atoms with Crippen molar-refractivity contribution in [3.63, 3.8) is 0 Å². The zero-order valence-electron chi connectivity index (χ0n) is 14.4. The molecule has 2 rings (SSSR count). The Balaban J connectivity index is 2.48. The Hall–Kier alpha value is -2.09. The van der Waals surface area contributed by atoms with Crippen LogP contribution in [-0.4, -0.2) is 29.5 Å². The second kappa shape index (κ2) is 9.41. The molecule has 0 N–H and O–H groups in total. The SMILES string of the molecule is C=CCn1c(=O)c(C)c(Sc2ccccc2)n(COCCOC)c1=O. The molecule has 1 aromatic heterocycles. The molecule has 2 aromatic rings. The molecule has 6 nitrogen and oxygen atoms in total. The van der Waals surface area contributed by atoms with Crippen molar-refractivity contribution in [1.82, 2.24) is 9.13 Å². The third-order valence-corrected chi connectivity index (χ3v) is 4.74. The van der Waals surface area contributed by atoms with Crippen molar-refractivity contribution in [2.45, 2.75) is 30.1 Å². The number of allylic oxidation sites excluding steroid dienone is 1. The number of methoxy groups -OCH3 is 1. The molecule has 0 aliphatic rings. The van der Waals surface area contributed by atoms with E-state index in [2.05, 4.69) is 6.58 Å². The first-order valence-electron chi connectivity index (χ1n) is 7.84. The summed E-state index contributed by atoms with van der Waals surface area (Å²) in [5.41, 5.74) is -0.214. The average Bonchev–Trinajstić information content (AvgIpc) is 2.63. The lowest BCUT2D eigenvalue weighted by Crippen LogP contribution is -2.42. The highest BCUT2D eigenvalue weighted by atomic mass is 32.2. The molecule has 7 heteroatoms. The van der Waals surface area contributed by atoms with E-state index < -0.39 is 5.69 Å². The zero-order chi connectivity index (χ0) is 18.2. The maximum atomic E-state index is 12.8. The summed E-state index contributed by atoms with van der Waals surface area (Å²) >= 11 is 1.37. The number of benzene rings is 1. The summed E-state index contributed by atoms with van der Waals surface area (Å²) in [6.45, 7) is 6.34. The van der Waals surface area contributed by atoms with Crippen molar-refractivity contribution in [3.05, 3.63) is 69.4 Å². The van der Waals surface area contributed by atoms with Crippen molar-refractivity contribution in [2.24, 2.45) is 0 Å². The lowest BCUT2D eigenvalue weighted by Gasteiger charge is -2.17. The van der Waals surface area contributed by atoms with Crippen LogP contribution >= 0.6 is 11.8 Å². The maximum absolute atomic E-state index is 12.8. The fraction of sp³-hybridized carbons (Fsp3) is 0.333. The van der Waals surface area contributed by atoms with Crippen LogP contribution in [0.2, 0.25) is 0 Å². The predicted octanol–water partition coefficient (Wildman–Crippen LogP) is 2.28. The second-order valence-corrected chi connectivity index (χ2v) is 6.35. The average molecular weight is 362 g/mol. The molecule has 0 bridgehead atoms. The standard InChI is InChI=1S/C18H22N2O4S/c1-4-10-19-16(21)14(2)17(25-15-8-6-5-7-9-15)20(18(19)22)13-24-12-11-23-3/h4-9H,1,10-13H2,2-3H3. The molecule has 25 heavy (non-hydrogen) atoms. The molecule has 0 unspecified atom stereocenters. The van der Waals surface area contributed by atoms with E-state index in [-0.39, 0.29) is 18.8 Å². The summed E-state index contributed by atoms with van der Waals surface area (Å²) in [4.78, 5) is 26.2. The molecular formula is C18H22N2O4S. The summed E-state index contributed by atoms with van der Waals surface area (Å²) in [5, 5.41) is 0.582. The van der Waals surface area contributed by atoms with Gasteiger partial charge in [0.15, 0.2) is 0 Å². The van der Waals surface area contributed by atoms with Gasteiger partial charge in [-0.15, -0.1) is 6.58 Å². The molecule has 0 saturated carbocycles. The zero-order valence-corrected chi connectivity index (χ0v) is 15.3. The minimum atomic E-state index is -0.411. The van der Waals surface area contributed by atoms with E-state index in [9.17, 15) is 9.59 Å². The lowest BCUT2D eigenvalue weighted by atomic mass is 10.3. The summed E-state index contributed by atoms with van der Waals surface area (Å²) in [6, 6.07) is 9.60. The number of hydrogen-bond donors (Lipinski definition) is 0. The largest absolute Gasteiger partial charge is 0.382 e. The molecule has 0 atom stereocenters. The van der Waals surface area contributed by atoms with Crippen LogP contribution in [-0.2, 0) is 22.7 Å². The van der Waals surface area contributed by atoms with Crippen molar-refractivity contribution in [3.8, 4) is 0 Å². The van der Waals surface area contributed by atoms with Crippen molar-refractivity contribution in [2.75, 3.05) is 20.3 Å². The number of ether oxygens (including phenoxy) is 2. The van der Waals surface area contributed by atoms with E-state index in [0.29, 0.717) is 23.8 Å². The first-order valence-corrected chi connectivity index (χ1v) is 8.66. The van der Waals surface area contributed by atoms with Crippen LogP contribution in [0.3, 0.4) is 0 Å². The normalized spacial score (nSPS) is 10.8. The van der Waals surface area contributed by atoms with Gasteiger partial charge >= 0.3 is 5.69 Å². The molecule has 1 aromatic carbocycles. The van der Waals surface area contributed by atoms with E-state index in [4.69, 9.17) is 9.47 Å². The van der Waals surface area contributed by atoms with E-state index in [0.717, 1.165) is 9.46 Å². The highest BCUT2D eigenvalue weighted by molar-refractivity contribution is 7.99. The minimum Gasteiger partial charge on any atom is -0.382 e. The van der Waals surface area contributed by atoms with Gasteiger partial charge in [0.05, 0.1) is 18.2 Å². The summed E-state index contributed by atoms with van der Waals surface area (Å²) in [7, 11) is 1.58. The quantitative estimate of drug-likeness (QED) is 0.389. The second-order valence-electron chi connectivity index (χ2n) is 5.29. The highest BCUT2D eigenvalue weighted by Gasteiger charge is 2.17. The number of hydrogen-bond acceptors (Lipinski definition) is 5. The lowest BCUT2D eigenvalue weighted by molar-refractivity contribution is 0.0275. The van der Waals surface area contributed by atoms with E-state index in [1.807, 2.05) is 30.3 Å². The molecule has 0 spiro atoms. The van der Waals surface area contributed by atoms with Crippen molar-refractivity contribution < 1.29 is 9.47 Å². The Morgan fingerprint density at radius 2 is 1.88 bits per heavy atom. The van der Waals surface area contributed by atoms with Crippen LogP contribution in [0.1, 0.15) is 5.56 Å². The molecule has 0 aliphatic heterocycles. The minimum absolute atomic E-state index is 0.0512. The first-order chi connectivity index (χ1) is 12.1.